The number of sulfonamides is 1. The Morgan fingerprint density at radius 2 is 1.68 bits per heavy atom. The van der Waals surface area contributed by atoms with Gasteiger partial charge in [-0.1, -0.05) is 0 Å². The molecule has 2 aliphatic rings. The van der Waals surface area contributed by atoms with Crippen molar-refractivity contribution in [1.29, 1.82) is 0 Å². The molecule has 0 atom stereocenters. The number of nitrogens with zero attached hydrogens (tertiary/aromatic N) is 1. The van der Waals surface area contributed by atoms with Gasteiger partial charge in [-0.3, -0.25) is 0 Å². The first-order valence-electron chi connectivity index (χ1n) is 9.00. The molecule has 0 aliphatic carbocycles. The maximum Gasteiger partial charge on any atom is 0.243 e. The maximum atomic E-state index is 13.0. The van der Waals surface area contributed by atoms with Crippen LogP contribution in [0.25, 0.3) is 0 Å². The second-order valence-electron chi connectivity index (χ2n) is 6.80. The number of furan rings is 1. The number of sulfone groups is 1. The van der Waals surface area contributed by atoms with E-state index >= 15 is 0 Å². The molecule has 1 aromatic carbocycles. The van der Waals surface area contributed by atoms with Crippen LogP contribution in [0.5, 0.6) is 11.5 Å². The number of fused-ring (bicyclic) bond motifs is 1. The van der Waals surface area contributed by atoms with Gasteiger partial charge in [0.1, 0.15) is 24.7 Å². The molecule has 152 valence electrons. The summed E-state index contributed by atoms with van der Waals surface area (Å²) in [5, 5.41) is -0.579. The fourth-order valence-corrected chi connectivity index (χ4v) is 6.69. The Morgan fingerprint density at radius 1 is 0.964 bits per heavy atom. The predicted molar refractivity (Wildman–Crippen MR) is 101 cm³/mol. The van der Waals surface area contributed by atoms with Gasteiger partial charge in [0.15, 0.2) is 21.3 Å². The summed E-state index contributed by atoms with van der Waals surface area (Å²) in [7, 11) is -7.13. The van der Waals surface area contributed by atoms with Gasteiger partial charge in [0.05, 0.1) is 16.4 Å². The molecule has 0 spiro atoms. The molecule has 0 radical (unpaired) electrons. The Kier molecular flexibility index (Phi) is 5.11. The summed E-state index contributed by atoms with van der Waals surface area (Å²) in [5.74, 6) is 1.15. The highest BCUT2D eigenvalue weighted by Crippen LogP contribution is 2.34. The van der Waals surface area contributed by atoms with Crippen LogP contribution >= 0.6 is 0 Å². The molecule has 1 fully saturated rings. The average Bonchev–Trinajstić information content (AvgIpc) is 3.20. The summed E-state index contributed by atoms with van der Waals surface area (Å²) in [4.78, 5) is 0.119. The normalized spacial score (nSPS) is 18.9. The molecule has 4 rings (SSSR count). The van der Waals surface area contributed by atoms with Crippen molar-refractivity contribution in [3.63, 3.8) is 0 Å². The molecular formula is C18H21NO7S2. The van der Waals surface area contributed by atoms with Crippen LogP contribution < -0.4 is 9.47 Å². The molecule has 1 aromatic heterocycles. The van der Waals surface area contributed by atoms with E-state index in [4.69, 9.17) is 13.9 Å². The molecule has 0 saturated carbocycles. The van der Waals surface area contributed by atoms with E-state index in [1.54, 1.807) is 18.2 Å². The zero-order chi connectivity index (χ0) is 19.8. The molecule has 3 heterocycles. The van der Waals surface area contributed by atoms with Gasteiger partial charge in [-0.05, 0) is 37.1 Å². The summed E-state index contributed by atoms with van der Waals surface area (Å²) in [6, 6.07) is 7.81. The van der Waals surface area contributed by atoms with Crippen molar-refractivity contribution in [2.45, 2.75) is 28.7 Å². The predicted octanol–water partition coefficient (Wildman–Crippen LogP) is 1.82. The number of hydrogen-bond donors (Lipinski definition) is 0. The van der Waals surface area contributed by atoms with Crippen molar-refractivity contribution in [1.82, 2.24) is 4.31 Å². The Morgan fingerprint density at radius 3 is 2.36 bits per heavy atom. The van der Waals surface area contributed by atoms with Crippen LogP contribution in [0.2, 0.25) is 0 Å². The van der Waals surface area contributed by atoms with Crippen LogP contribution in [0, 0.1) is 0 Å². The second kappa shape index (κ2) is 7.41. The number of hydrogen-bond acceptors (Lipinski definition) is 7. The van der Waals surface area contributed by atoms with Gasteiger partial charge >= 0.3 is 0 Å². The van der Waals surface area contributed by atoms with Crippen molar-refractivity contribution in [2.75, 3.05) is 26.3 Å². The molecule has 1 saturated heterocycles. The quantitative estimate of drug-likeness (QED) is 0.717. The fraction of sp³-hybridized carbons (Fsp3) is 0.444. The van der Waals surface area contributed by atoms with Crippen molar-refractivity contribution >= 4 is 19.9 Å². The Balaban J connectivity index is 1.45. The Bertz CT molecular complexity index is 1040. The summed E-state index contributed by atoms with van der Waals surface area (Å²) in [6.07, 6.45) is 1.95. The van der Waals surface area contributed by atoms with E-state index in [9.17, 15) is 16.8 Å². The lowest BCUT2D eigenvalue weighted by atomic mass is 10.2. The van der Waals surface area contributed by atoms with Crippen molar-refractivity contribution < 1.29 is 30.7 Å². The monoisotopic (exact) mass is 427 g/mol. The van der Waals surface area contributed by atoms with Gasteiger partial charge in [0.2, 0.25) is 10.0 Å². The zero-order valence-corrected chi connectivity index (χ0v) is 16.7. The lowest BCUT2D eigenvalue weighted by molar-refractivity contribution is 0.171. The lowest BCUT2D eigenvalue weighted by Crippen LogP contribution is -2.42. The van der Waals surface area contributed by atoms with E-state index in [1.165, 1.54) is 22.7 Å². The van der Waals surface area contributed by atoms with Crippen LogP contribution in [0.3, 0.4) is 0 Å². The van der Waals surface area contributed by atoms with Crippen LogP contribution in [0.1, 0.15) is 18.6 Å². The van der Waals surface area contributed by atoms with Gasteiger partial charge in [0, 0.05) is 19.2 Å². The zero-order valence-electron chi connectivity index (χ0n) is 15.1. The average molecular weight is 428 g/mol. The molecule has 0 N–H and O–H groups in total. The minimum atomic E-state index is -3.73. The first-order chi connectivity index (χ1) is 13.4. The highest BCUT2D eigenvalue weighted by Gasteiger charge is 2.35. The van der Waals surface area contributed by atoms with E-state index < -0.39 is 25.1 Å². The fourth-order valence-electron chi connectivity index (χ4n) is 3.48. The van der Waals surface area contributed by atoms with Crippen molar-refractivity contribution in [2.24, 2.45) is 0 Å². The smallest absolute Gasteiger partial charge is 0.243 e. The highest BCUT2D eigenvalue weighted by atomic mass is 32.2. The van der Waals surface area contributed by atoms with Gasteiger partial charge in [0.25, 0.3) is 0 Å². The maximum absolute atomic E-state index is 13.0. The number of ether oxygens (including phenoxy) is 2. The molecule has 28 heavy (non-hydrogen) atoms. The molecule has 0 amide bonds. The van der Waals surface area contributed by atoms with Crippen LogP contribution in [0.15, 0.2) is 45.9 Å². The second-order valence-corrected chi connectivity index (χ2v) is 11.0. The topological polar surface area (TPSA) is 103 Å². The van der Waals surface area contributed by atoms with Gasteiger partial charge in [-0.25, -0.2) is 16.8 Å². The van der Waals surface area contributed by atoms with Crippen LogP contribution in [-0.2, 0) is 25.6 Å². The largest absolute Gasteiger partial charge is 0.486 e. The third kappa shape index (κ3) is 3.76. The first kappa shape index (κ1) is 19.3. The third-order valence-electron chi connectivity index (χ3n) is 4.98. The summed E-state index contributed by atoms with van der Waals surface area (Å²) in [5.41, 5.74) is 0. The number of rotatable bonds is 5. The summed E-state index contributed by atoms with van der Waals surface area (Å²) in [6.45, 7) is 1.10. The van der Waals surface area contributed by atoms with Gasteiger partial charge in [-0.15, -0.1) is 0 Å². The van der Waals surface area contributed by atoms with E-state index in [2.05, 4.69) is 0 Å². The van der Waals surface area contributed by atoms with Crippen molar-refractivity contribution in [3.8, 4) is 11.5 Å². The number of piperidine rings is 1. The van der Waals surface area contributed by atoms with Gasteiger partial charge in [-0.2, -0.15) is 4.31 Å². The molecule has 0 unspecified atom stereocenters. The minimum Gasteiger partial charge on any atom is -0.486 e. The van der Waals surface area contributed by atoms with Crippen LogP contribution in [-0.4, -0.2) is 52.7 Å². The summed E-state index contributed by atoms with van der Waals surface area (Å²) >= 11 is 0. The molecule has 2 aromatic rings. The Labute approximate surface area is 164 Å². The van der Waals surface area contributed by atoms with E-state index in [-0.39, 0.29) is 36.6 Å². The first-order valence-corrected chi connectivity index (χ1v) is 12.2. The van der Waals surface area contributed by atoms with E-state index in [1.807, 2.05) is 0 Å². The molecule has 2 aliphatic heterocycles. The molecule has 0 bridgehead atoms. The van der Waals surface area contributed by atoms with E-state index in [0.29, 0.717) is 30.5 Å². The summed E-state index contributed by atoms with van der Waals surface area (Å²) < 4.78 is 68.4. The number of benzene rings is 1. The SMILES string of the molecule is O=S(=O)(Cc1ccco1)C1CCN(S(=O)(=O)c2ccc3c(c2)OCCO3)CC1. The standard InChI is InChI=1S/C18H21NO7S2/c20-27(21,13-14-2-1-9-24-14)15-5-7-19(8-6-15)28(22,23)16-3-4-17-18(12-16)26-11-10-25-17/h1-4,9,12,15H,5-8,10-11,13H2. The highest BCUT2D eigenvalue weighted by molar-refractivity contribution is 7.91. The van der Waals surface area contributed by atoms with Crippen molar-refractivity contribution in [3.05, 3.63) is 42.4 Å². The minimum absolute atomic E-state index is 0.119. The molecule has 8 nitrogen and oxygen atoms in total. The molecule has 10 heteroatoms. The van der Waals surface area contributed by atoms with Gasteiger partial charge < -0.3 is 13.9 Å². The Hall–Kier alpha value is -2.04. The molecular weight excluding hydrogens is 406 g/mol. The lowest BCUT2D eigenvalue weighted by Gasteiger charge is -2.31. The third-order valence-corrected chi connectivity index (χ3v) is 9.05. The van der Waals surface area contributed by atoms with Crippen LogP contribution in [0.4, 0.5) is 0 Å². The van der Waals surface area contributed by atoms with E-state index in [0.717, 1.165) is 0 Å².